The van der Waals surface area contributed by atoms with Gasteiger partial charge in [0.15, 0.2) is 6.29 Å². The molecular weight excluding hydrogens is 303 g/mol. The second-order valence-electron chi connectivity index (χ2n) is 3.33. The Morgan fingerprint density at radius 2 is 1.88 bits per heavy atom. The first kappa shape index (κ1) is 12.1. The normalized spacial score (nSPS) is 10.0. The van der Waals surface area contributed by atoms with Gasteiger partial charge in [-0.05, 0) is 30.3 Å². The van der Waals surface area contributed by atoms with E-state index < -0.39 is 0 Å². The fourth-order valence-corrected chi connectivity index (χ4v) is 1.85. The van der Waals surface area contributed by atoms with E-state index in [0.29, 0.717) is 22.1 Å². The van der Waals surface area contributed by atoms with Crippen molar-refractivity contribution in [3.8, 4) is 11.5 Å². The molecule has 0 fully saturated rings. The van der Waals surface area contributed by atoms with Crippen LogP contribution in [0.1, 0.15) is 10.4 Å². The molecule has 0 saturated carbocycles. The molecule has 4 heteroatoms. The third-order valence-corrected chi connectivity index (χ3v) is 2.96. The molecule has 2 aromatic carbocycles. The van der Waals surface area contributed by atoms with Crippen LogP contribution < -0.4 is 4.74 Å². The molecule has 0 aliphatic heterocycles. The maximum Gasteiger partial charge on any atom is 0.153 e. The highest BCUT2D eigenvalue weighted by Crippen LogP contribution is 2.31. The molecule has 0 aliphatic carbocycles. The third-order valence-electron chi connectivity index (χ3n) is 2.16. The third kappa shape index (κ3) is 2.87. The molecule has 2 rings (SSSR count). The lowest BCUT2D eigenvalue weighted by atomic mass is 10.2. The monoisotopic (exact) mass is 310 g/mol. The van der Waals surface area contributed by atoms with E-state index in [4.69, 9.17) is 16.3 Å². The van der Waals surface area contributed by atoms with Gasteiger partial charge in [-0.25, -0.2) is 0 Å². The molecule has 0 N–H and O–H groups in total. The van der Waals surface area contributed by atoms with E-state index in [2.05, 4.69) is 15.9 Å². The summed E-state index contributed by atoms with van der Waals surface area (Å²) in [6.07, 6.45) is 0.749. The lowest BCUT2D eigenvalue weighted by Gasteiger charge is -2.09. The van der Waals surface area contributed by atoms with Crippen molar-refractivity contribution in [3.63, 3.8) is 0 Å². The number of hydrogen-bond donors (Lipinski definition) is 0. The van der Waals surface area contributed by atoms with Crippen molar-refractivity contribution in [1.29, 1.82) is 0 Å². The Kier molecular flexibility index (Phi) is 3.82. The average molecular weight is 312 g/mol. The molecule has 0 atom stereocenters. The molecule has 0 radical (unpaired) electrons. The van der Waals surface area contributed by atoms with Crippen molar-refractivity contribution in [2.24, 2.45) is 0 Å². The highest BCUT2D eigenvalue weighted by molar-refractivity contribution is 9.10. The minimum atomic E-state index is 0.475. The van der Waals surface area contributed by atoms with Gasteiger partial charge in [-0.2, -0.15) is 0 Å². The first-order valence-electron chi connectivity index (χ1n) is 4.88. The quantitative estimate of drug-likeness (QED) is 0.768. The van der Waals surface area contributed by atoms with E-state index in [1.165, 1.54) is 0 Å². The smallest absolute Gasteiger partial charge is 0.153 e. The molecule has 0 aliphatic rings. The first-order valence-corrected chi connectivity index (χ1v) is 6.05. The fourth-order valence-electron chi connectivity index (χ4n) is 1.34. The van der Waals surface area contributed by atoms with Crippen LogP contribution >= 0.6 is 27.5 Å². The van der Waals surface area contributed by atoms with E-state index in [9.17, 15) is 4.79 Å². The van der Waals surface area contributed by atoms with Crippen molar-refractivity contribution >= 4 is 33.8 Å². The maximum atomic E-state index is 10.9. The summed E-state index contributed by atoms with van der Waals surface area (Å²) < 4.78 is 6.46. The summed E-state index contributed by atoms with van der Waals surface area (Å²) >= 11 is 9.31. The standard InChI is InChI=1S/C13H8BrClO2/c14-10-6-5-9(8-16)13(7-10)17-12-4-2-1-3-11(12)15/h1-8H. The molecule has 2 aromatic rings. The van der Waals surface area contributed by atoms with Crippen LogP contribution in [0.4, 0.5) is 0 Å². The van der Waals surface area contributed by atoms with Crippen molar-refractivity contribution in [2.75, 3.05) is 0 Å². The zero-order valence-corrected chi connectivity index (χ0v) is 11.0. The highest BCUT2D eigenvalue weighted by Gasteiger charge is 2.07. The molecule has 17 heavy (non-hydrogen) atoms. The number of hydrogen-bond acceptors (Lipinski definition) is 2. The molecule has 2 nitrogen and oxygen atoms in total. The zero-order chi connectivity index (χ0) is 12.3. The van der Waals surface area contributed by atoms with Gasteiger partial charge in [0.2, 0.25) is 0 Å². The highest BCUT2D eigenvalue weighted by atomic mass is 79.9. The van der Waals surface area contributed by atoms with Gasteiger partial charge in [-0.1, -0.05) is 39.7 Å². The topological polar surface area (TPSA) is 26.3 Å². The van der Waals surface area contributed by atoms with Gasteiger partial charge in [0.25, 0.3) is 0 Å². The van der Waals surface area contributed by atoms with Crippen LogP contribution in [0.2, 0.25) is 5.02 Å². The molecule has 0 spiro atoms. The van der Waals surface area contributed by atoms with Gasteiger partial charge in [0, 0.05) is 4.47 Å². The Labute approximate surface area is 112 Å². The molecule has 0 heterocycles. The molecule has 0 bridgehead atoms. The molecule has 0 aromatic heterocycles. The number of ether oxygens (including phenoxy) is 1. The Bertz CT molecular complexity index is 555. The molecule has 0 saturated heterocycles. The van der Waals surface area contributed by atoms with Crippen LogP contribution in [0.3, 0.4) is 0 Å². The summed E-state index contributed by atoms with van der Waals surface area (Å²) in [7, 11) is 0. The Balaban J connectivity index is 2.39. The number of benzene rings is 2. The van der Waals surface area contributed by atoms with E-state index in [-0.39, 0.29) is 0 Å². The summed E-state index contributed by atoms with van der Waals surface area (Å²) in [5.74, 6) is 0.998. The lowest BCUT2D eigenvalue weighted by Crippen LogP contribution is -1.90. The van der Waals surface area contributed by atoms with Gasteiger partial charge in [0.05, 0.1) is 10.6 Å². The second kappa shape index (κ2) is 5.34. The summed E-state index contributed by atoms with van der Waals surface area (Å²) in [6, 6.07) is 12.3. The summed E-state index contributed by atoms with van der Waals surface area (Å²) in [5.41, 5.74) is 0.480. The Morgan fingerprint density at radius 3 is 2.59 bits per heavy atom. The Morgan fingerprint density at radius 1 is 1.12 bits per heavy atom. The van der Waals surface area contributed by atoms with Crippen LogP contribution in [-0.2, 0) is 0 Å². The zero-order valence-electron chi connectivity index (χ0n) is 8.69. The molecule has 0 amide bonds. The van der Waals surface area contributed by atoms with E-state index in [1.54, 1.807) is 30.3 Å². The predicted molar refractivity (Wildman–Crippen MR) is 71.1 cm³/mol. The molecule has 0 unspecified atom stereocenters. The van der Waals surface area contributed by atoms with Gasteiger partial charge < -0.3 is 4.74 Å². The van der Waals surface area contributed by atoms with E-state index in [0.717, 1.165) is 10.8 Å². The van der Waals surface area contributed by atoms with Crippen molar-refractivity contribution in [1.82, 2.24) is 0 Å². The summed E-state index contributed by atoms with van der Waals surface area (Å²) in [5, 5.41) is 0.504. The lowest BCUT2D eigenvalue weighted by molar-refractivity contribution is 0.112. The van der Waals surface area contributed by atoms with E-state index in [1.807, 2.05) is 12.1 Å². The van der Waals surface area contributed by atoms with Crippen LogP contribution in [0.25, 0.3) is 0 Å². The van der Waals surface area contributed by atoms with Crippen LogP contribution in [0.5, 0.6) is 11.5 Å². The number of halogens is 2. The predicted octanol–water partition coefficient (Wildman–Crippen LogP) is 4.71. The van der Waals surface area contributed by atoms with Gasteiger partial charge in [-0.15, -0.1) is 0 Å². The van der Waals surface area contributed by atoms with Gasteiger partial charge in [-0.3, -0.25) is 4.79 Å². The van der Waals surface area contributed by atoms with Crippen LogP contribution in [-0.4, -0.2) is 6.29 Å². The van der Waals surface area contributed by atoms with Crippen molar-refractivity contribution < 1.29 is 9.53 Å². The largest absolute Gasteiger partial charge is 0.455 e. The number of carbonyl (C=O) groups is 1. The summed E-state index contributed by atoms with van der Waals surface area (Å²) in [4.78, 5) is 10.9. The average Bonchev–Trinajstić information content (AvgIpc) is 2.32. The van der Waals surface area contributed by atoms with Crippen molar-refractivity contribution in [2.45, 2.75) is 0 Å². The SMILES string of the molecule is O=Cc1ccc(Br)cc1Oc1ccccc1Cl. The van der Waals surface area contributed by atoms with Crippen molar-refractivity contribution in [3.05, 3.63) is 57.5 Å². The summed E-state index contributed by atoms with van der Waals surface area (Å²) in [6.45, 7) is 0. The Hall–Kier alpha value is -1.32. The number of rotatable bonds is 3. The number of carbonyl (C=O) groups excluding carboxylic acids is 1. The van der Waals surface area contributed by atoms with Crippen LogP contribution in [0, 0.1) is 0 Å². The maximum absolute atomic E-state index is 10.9. The van der Waals surface area contributed by atoms with E-state index >= 15 is 0 Å². The number of para-hydroxylation sites is 1. The molecular formula is C13H8BrClO2. The van der Waals surface area contributed by atoms with Gasteiger partial charge >= 0.3 is 0 Å². The minimum Gasteiger partial charge on any atom is -0.455 e. The van der Waals surface area contributed by atoms with Crippen LogP contribution in [0.15, 0.2) is 46.9 Å². The first-order chi connectivity index (χ1) is 8.20. The number of aldehydes is 1. The molecule has 86 valence electrons. The fraction of sp³-hybridized carbons (Fsp3) is 0. The van der Waals surface area contributed by atoms with Gasteiger partial charge in [0.1, 0.15) is 11.5 Å². The minimum absolute atomic E-state index is 0.475. The second-order valence-corrected chi connectivity index (χ2v) is 4.66.